The number of rotatable bonds is 25. The summed E-state index contributed by atoms with van der Waals surface area (Å²) in [6.45, 7) is 8.75. The van der Waals surface area contributed by atoms with Gasteiger partial charge in [-0.05, 0) is 81.5 Å². The first-order chi connectivity index (χ1) is 25.8. The highest BCUT2D eigenvalue weighted by Crippen LogP contribution is 2.14. The zero-order chi connectivity index (χ0) is 41.8. The molecule has 0 aliphatic rings. The van der Waals surface area contributed by atoms with Gasteiger partial charge in [0.15, 0.2) is 5.96 Å². The van der Waals surface area contributed by atoms with Gasteiger partial charge >= 0.3 is 5.97 Å². The zero-order valence-corrected chi connectivity index (χ0v) is 32.4. The number of nitrogens with one attached hydrogen (secondary N) is 5. The molecule has 0 saturated heterocycles. The Balaban J connectivity index is 3.38. The van der Waals surface area contributed by atoms with Crippen molar-refractivity contribution in [2.45, 2.75) is 122 Å². The maximum atomic E-state index is 13.9. The average Bonchev–Trinajstić information content (AvgIpc) is 3.10. The number of carboxylic acids is 1. The van der Waals surface area contributed by atoms with E-state index in [1.54, 1.807) is 26.0 Å². The van der Waals surface area contributed by atoms with E-state index in [0.29, 0.717) is 24.9 Å². The second-order valence-corrected chi connectivity index (χ2v) is 14.3. The Morgan fingerprint density at radius 2 is 1.24 bits per heavy atom. The van der Waals surface area contributed by atoms with Gasteiger partial charge in [-0.15, -0.1) is 0 Å². The molecule has 310 valence electrons. The van der Waals surface area contributed by atoms with Gasteiger partial charge < -0.3 is 64.8 Å². The van der Waals surface area contributed by atoms with Gasteiger partial charge in [-0.3, -0.25) is 29.0 Å². The maximum Gasteiger partial charge on any atom is 0.326 e. The number of carboxylic acid groups (broad SMARTS) is 1. The van der Waals surface area contributed by atoms with Gasteiger partial charge in [0.05, 0.1) is 6.10 Å². The number of aliphatic imine (C=N–C) groups is 1. The number of aliphatic carboxylic acids is 1. The summed E-state index contributed by atoms with van der Waals surface area (Å²) >= 11 is 0. The SMILES string of the molecule is CC(C)CC(NC(=O)C(N)C(C)O)C(=O)NC(CCCN=C(N)N)C(=O)NC(C(=O)NC(Cc1ccc(O)cc1)C(=O)NC(CCCCN)C(=O)O)C(C)C. The van der Waals surface area contributed by atoms with E-state index in [0.717, 1.165) is 0 Å². The molecule has 0 aliphatic heterocycles. The van der Waals surface area contributed by atoms with E-state index in [9.17, 15) is 44.1 Å². The number of phenolic OH excluding ortho intramolecular Hbond substituents is 1. The number of aliphatic hydroxyl groups is 1. The third-order valence-corrected chi connectivity index (χ3v) is 8.56. The lowest BCUT2D eigenvalue weighted by Gasteiger charge is -2.29. The number of guanidine groups is 1. The highest BCUT2D eigenvalue weighted by atomic mass is 16.4. The molecule has 1 aromatic rings. The number of carbonyl (C=O) groups is 6. The molecule has 1 rings (SSSR count). The predicted octanol–water partition coefficient (Wildman–Crippen LogP) is -1.96. The van der Waals surface area contributed by atoms with Crippen molar-refractivity contribution in [2.24, 2.45) is 39.8 Å². The van der Waals surface area contributed by atoms with Crippen LogP contribution in [0.4, 0.5) is 0 Å². The number of amides is 5. The highest BCUT2D eigenvalue weighted by molar-refractivity contribution is 5.96. The van der Waals surface area contributed by atoms with Crippen LogP contribution in [0.15, 0.2) is 29.3 Å². The van der Waals surface area contributed by atoms with Crippen LogP contribution in [0.25, 0.3) is 0 Å². The van der Waals surface area contributed by atoms with Gasteiger partial charge in [-0.1, -0.05) is 39.8 Å². The lowest BCUT2D eigenvalue weighted by Crippen LogP contribution is -2.60. The maximum absolute atomic E-state index is 13.9. The first-order valence-electron chi connectivity index (χ1n) is 18.5. The Labute approximate surface area is 322 Å². The van der Waals surface area contributed by atoms with Crippen LogP contribution in [0.3, 0.4) is 0 Å². The molecule has 0 aliphatic carbocycles. The fourth-order valence-corrected chi connectivity index (χ4v) is 5.38. The van der Waals surface area contributed by atoms with E-state index in [2.05, 4.69) is 31.6 Å². The second-order valence-electron chi connectivity index (χ2n) is 14.3. The molecule has 16 N–H and O–H groups in total. The zero-order valence-electron chi connectivity index (χ0n) is 32.4. The first kappa shape index (κ1) is 48.0. The number of hydrogen-bond acceptors (Lipinski definition) is 11. The molecule has 0 aromatic heterocycles. The molecule has 19 nitrogen and oxygen atoms in total. The quantitative estimate of drug-likeness (QED) is 0.0292. The lowest BCUT2D eigenvalue weighted by molar-refractivity contribution is -0.142. The first-order valence-corrected chi connectivity index (χ1v) is 18.5. The van der Waals surface area contributed by atoms with E-state index < -0.39 is 83.8 Å². The van der Waals surface area contributed by atoms with Crippen molar-refractivity contribution < 1.29 is 44.1 Å². The van der Waals surface area contributed by atoms with Crippen molar-refractivity contribution in [3.05, 3.63) is 29.8 Å². The largest absolute Gasteiger partial charge is 0.508 e. The molecular formula is C36H62N10O9. The summed E-state index contributed by atoms with van der Waals surface area (Å²) in [7, 11) is 0. The van der Waals surface area contributed by atoms with Gasteiger partial charge in [0.1, 0.15) is 42.0 Å². The Hall–Kier alpha value is -5.01. The smallest absolute Gasteiger partial charge is 0.326 e. The summed E-state index contributed by atoms with van der Waals surface area (Å²) in [6, 6.07) is -1.58. The molecule has 0 fully saturated rings. The van der Waals surface area contributed by atoms with Crippen LogP contribution in [0, 0.1) is 11.8 Å². The van der Waals surface area contributed by atoms with Crippen molar-refractivity contribution in [2.75, 3.05) is 13.1 Å². The summed E-state index contributed by atoms with van der Waals surface area (Å²) in [4.78, 5) is 83.4. The number of aliphatic hydroxyl groups excluding tert-OH is 1. The number of nitrogens with two attached hydrogens (primary N) is 4. The molecule has 5 amide bonds. The molecule has 55 heavy (non-hydrogen) atoms. The minimum atomic E-state index is -1.31. The van der Waals surface area contributed by atoms with Crippen LogP contribution in [-0.4, -0.2) is 112 Å². The number of aromatic hydroxyl groups is 1. The van der Waals surface area contributed by atoms with Crippen LogP contribution >= 0.6 is 0 Å². The molecule has 0 spiro atoms. The Morgan fingerprint density at radius 3 is 1.76 bits per heavy atom. The van der Waals surface area contributed by atoms with Crippen molar-refractivity contribution in [3.63, 3.8) is 0 Å². The standard InChI is InChI=1S/C36H62N10O9/c1-19(2)17-26(44-33(52)28(38)21(5)47)31(50)42-24(10-8-16-41-36(39)40)30(49)46-29(20(3)4)34(53)45-27(18-22-11-13-23(48)14-12-22)32(51)43-25(35(54)55)9-6-7-15-37/h11-14,19-21,24-29,47-48H,6-10,15-18,37-38H2,1-5H3,(H,42,50)(H,43,51)(H,44,52)(H,45,53)(H,46,49)(H,54,55)(H4,39,40,41). The molecule has 0 saturated carbocycles. The summed E-state index contributed by atoms with van der Waals surface area (Å²) in [5.74, 6) is -5.87. The lowest BCUT2D eigenvalue weighted by atomic mass is 9.99. The number of hydrogen-bond donors (Lipinski definition) is 12. The van der Waals surface area contributed by atoms with Crippen molar-refractivity contribution in [1.82, 2.24) is 26.6 Å². The number of nitrogens with zero attached hydrogens (tertiary/aromatic N) is 1. The van der Waals surface area contributed by atoms with Crippen molar-refractivity contribution >= 4 is 41.5 Å². The minimum Gasteiger partial charge on any atom is -0.508 e. The fourth-order valence-electron chi connectivity index (χ4n) is 5.38. The summed E-state index contributed by atoms with van der Waals surface area (Å²) in [5.41, 5.74) is 22.7. The van der Waals surface area contributed by atoms with Gasteiger partial charge in [0.25, 0.3) is 0 Å². The minimum absolute atomic E-state index is 0.0168. The van der Waals surface area contributed by atoms with E-state index in [1.165, 1.54) is 19.1 Å². The summed E-state index contributed by atoms with van der Waals surface area (Å²) in [5, 5.41) is 42.3. The van der Waals surface area contributed by atoms with Gasteiger partial charge in [0, 0.05) is 13.0 Å². The Bertz CT molecular complexity index is 1440. The van der Waals surface area contributed by atoms with Crippen molar-refractivity contribution in [1.29, 1.82) is 0 Å². The van der Waals surface area contributed by atoms with Crippen LogP contribution in [-0.2, 0) is 35.2 Å². The van der Waals surface area contributed by atoms with Gasteiger partial charge in [-0.2, -0.15) is 0 Å². The third-order valence-electron chi connectivity index (χ3n) is 8.56. The fraction of sp³-hybridized carbons (Fsp3) is 0.639. The molecule has 7 unspecified atom stereocenters. The second kappa shape index (κ2) is 24.4. The number of benzene rings is 1. The van der Waals surface area contributed by atoms with Crippen molar-refractivity contribution in [3.8, 4) is 5.75 Å². The molecule has 7 atom stereocenters. The van der Waals surface area contributed by atoms with Gasteiger partial charge in [0.2, 0.25) is 29.5 Å². The summed E-state index contributed by atoms with van der Waals surface area (Å²) in [6.07, 6.45) is 0.227. The monoisotopic (exact) mass is 778 g/mol. The number of phenols is 1. The topological polar surface area (TPSA) is 340 Å². The van der Waals surface area contributed by atoms with Crippen LogP contribution in [0.2, 0.25) is 0 Å². The summed E-state index contributed by atoms with van der Waals surface area (Å²) < 4.78 is 0. The normalized spacial score (nSPS) is 15.0. The molecule has 0 heterocycles. The van der Waals surface area contributed by atoms with Crippen LogP contribution in [0.1, 0.15) is 78.7 Å². The number of unbranched alkanes of at least 4 members (excludes halogenated alkanes) is 1. The molecule has 1 aromatic carbocycles. The third kappa shape index (κ3) is 18.2. The van der Waals surface area contributed by atoms with E-state index in [1.807, 2.05) is 13.8 Å². The highest BCUT2D eigenvalue weighted by Gasteiger charge is 2.34. The van der Waals surface area contributed by atoms with Gasteiger partial charge in [-0.25, -0.2) is 4.79 Å². The molecule has 0 radical (unpaired) electrons. The van der Waals surface area contributed by atoms with E-state index >= 15 is 0 Å². The van der Waals surface area contributed by atoms with E-state index in [4.69, 9.17) is 22.9 Å². The Morgan fingerprint density at radius 1 is 0.709 bits per heavy atom. The van der Waals surface area contributed by atoms with Crippen LogP contribution < -0.4 is 49.5 Å². The number of carbonyl (C=O) groups excluding carboxylic acids is 5. The molecule has 19 heteroatoms. The average molecular weight is 779 g/mol. The van der Waals surface area contributed by atoms with Crippen LogP contribution in [0.5, 0.6) is 5.75 Å². The molecule has 0 bridgehead atoms. The Kier molecular flexibility index (Phi) is 21.3. The predicted molar refractivity (Wildman–Crippen MR) is 206 cm³/mol. The van der Waals surface area contributed by atoms with E-state index in [-0.39, 0.29) is 56.3 Å². The molecular weight excluding hydrogens is 716 g/mol.